The van der Waals surface area contributed by atoms with Crippen molar-refractivity contribution < 1.29 is 13.6 Å². The summed E-state index contributed by atoms with van der Waals surface area (Å²) in [5.74, 6) is -1.17. The molecule has 1 aromatic carbocycles. The lowest BCUT2D eigenvalue weighted by atomic mass is 9.93. The largest absolute Gasteiger partial charge is 0.353 e. The van der Waals surface area contributed by atoms with E-state index >= 15 is 0 Å². The molecule has 0 unspecified atom stereocenters. The second-order valence-corrected chi connectivity index (χ2v) is 8.37. The van der Waals surface area contributed by atoms with Crippen LogP contribution < -0.4 is 5.32 Å². The van der Waals surface area contributed by atoms with Crippen LogP contribution in [0.15, 0.2) is 18.2 Å². The minimum Gasteiger partial charge on any atom is -0.353 e. The molecule has 0 bridgehead atoms. The molecule has 4 rings (SSSR count). The van der Waals surface area contributed by atoms with Gasteiger partial charge in [-0.15, -0.1) is 0 Å². The zero-order valence-electron chi connectivity index (χ0n) is 15.8. The fraction of sp³-hybridized carbons (Fsp3) is 0.667. The van der Waals surface area contributed by atoms with Gasteiger partial charge in [-0.25, -0.2) is 8.78 Å². The van der Waals surface area contributed by atoms with Gasteiger partial charge in [-0.1, -0.05) is 6.07 Å². The molecule has 3 fully saturated rings. The molecule has 6 heteroatoms. The molecule has 27 heavy (non-hydrogen) atoms. The van der Waals surface area contributed by atoms with E-state index in [2.05, 4.69) is 15.1 Å². The van der Waals surface area contributed by atoms with Crippen molar-refractivity contribution in [2.24, 2.45) is 5.92 Å². The maximum atomic E-state index is 13.4. The van der Waals surface area contributed by atoms with Gasteiger partial charge in [-0.3, -0.25) is 14.6 Å². The molecule has 4 nitrogen and oxygen atoms in total. The highest BCUT2D eigenvalue weighted by molar-refractivity contribution is 5.79. The highest BCUT2D eigenvalue weighted by Crippen LogP contribution is 2.26. The Kier molecular flexibility index (Phi) is 5.74. The standard InChI is InChI=1S/C21H29F2N3O/c22-19-6-3-15(12-20(19)23)13-25-10-7-18(8-11-25)26-9-1-2-16(14-26)21(27)24-17-4-5-17/h3,6,12,16-18H,1-2,4-5,7-11,13-14H2,(H,24,27)/t16-/m0/s1. The fourth-order valence-corrected chi connectivity index (χ4v) is 4.44. The van der Waals surface area contributed by atoms with E-state index in [0.29, 0.717) is 18.6 Å². The Morgan fingerprint density at radius 3 is 2.52 bits per heavy atom. The quantitative estimate of drug-likeness (QED) is 0.857. The van der Waals surface area contributed by atoms with Crippen molar-refractivity contribution in [3.63, 3.8) is 0 Å². The van der Waals surface area contributed by atoms with E-state index in [9.17, 15) is 13.6 Å². The Balaban J connectivity index is 1.25. The van der Waals surface area contributed by atoms with Gasteiger partial charge in [0.15, 0.2) is 11.6 Å². The number of halogens is 2. The predicted molar refractivity (Wildman–Crippen MR) is 100 cm³/mol. The molecule has 1 aromatic rings. The molecule has 1 atom stereocenters. The summed E-state index contributed by atoms with van der Waals surface area (Å²) in [7, 11) is 0. The molecule has 148 valence electrons. The van der Waals surface area contributed by atoms with Gasteiger partial charge in [0, 0.05) is 25.2 Å². The maximum Gasteiger partial charge on any atom is 0.224 e. The summed E-state index contributed by atoms with van der Waals surface area (Å²) in [5, 5.41) is 3.16. The molecule has 2 heterocycles. The predicted octanol–water partition coefficient (Wildman–Crippen LogP) is 2.92. The smallest absolute Gasteiger partial charge is 0.224 e. The van der Waals surface area contributed by atoms with Crippen LogP contribution >= 0.6 is 0 Å². The van der Waals surface area contributed by atoms with E-state index in [-0.39, 0.29) is 11.8 Å². The van der Waals surface area contributed by atoms with E-state index in [1.165, 1.54) is 12.1 Å². The molecule has 1 saturated carbocycles. The highest BCUT2D eigenvalue weighted by Gasteiger charge is 2.33. The van der Waals surface area contributed by atoms with E-state index in [1.807, 2.05) is 0 Å². The summed E-state index contributed by atoms with van der Waals surface area (Å²) in [6.07, 6.45) is 6.51. The van der Waals surface area contributed by atoms with Crippen molar-refractivity contribution in [3.05, 3.63) is 35.4 Å². The first-order valence-electron chi connectivity index (χ1n) is 10.3. The molecular weight excluding hydrogens is 348 g/mol. The van der Waals surface area contributed by atoms with Crippen LogP contribution in [0.4, 0.5) is 8.78 Å². The second-order valence-electron chi connectivity index (χ2n) is 8.37. The number of likely N-dealkylation sites (tertiary alicyclic amines) is 2. The number of carbonyl (C=O) groups is 1. The Labute approximate surface area is 159 Å². The zero-order valence-corrected chi connectivity index (χ0v) is 15.8. The lowest BCUT2D eigenvalue weighted by Crippen LogP contribution is -2.50. The first-order chi connectivity index (χ1) is 13.1. The number of carbonyl (C=O) groups excluding carboxylic acids is 1. The van der Waals surface area contributed by atoms with Gasteiger partial charge in [0.05, 0.1) is 5.92 Å². The SMILES string of the molecule is O=C(NC1CC1)[C@H]1CCCN(C2CCN(Cc3ccc(F)c(F)c3)CC2)C1. The highest BCUT2D eigenvalue weighted by atomic mass is 19.2. The first-order valence-corrected chi connectivity index (χ1v) is 10.3. The van der Waals surface area contributed by atoms with E-state index in [4.69, 9.17) is 0 Å². The molecule has 3 aliphatic rings. The number of nitrogens with zero attached hydrogens (tertiary/aromatic N) is 2. The first kappa shape index (κ1) is 18.8. The average Bonchev–Trinajstić information content (AvgIpc) is 3.49. The van der Waals surface area contributed by atoms with Gasteiger partial charge >= 0.3 is 0 Å². The fourth-order valence-electron chi connectivity index (χ4n) is 4.44. The van der Waals surface area contributed by atoms with Gasteiger partial charge in [-0.2, -0.15) is 0 Å². The van der Waals surface area contributed by atoms with Crippen LogP contribution in [0.1, 0.15) is 44.1 Å². The molecule has 0 radical (unpaired) electrons. The van der Waals surface area contributed by atoms with Gasteiger partial charge in [0.1, 0.15) is 0 Å². The summed E-state index contributed by atoms with van der Waals surface area (Å²) >= 11 is 0. The molecule has 1 N–H and O–H groups in total. The number of benzene rings is 1. The van der Waals surface area contributed by atoms with Crippen molar-refractivity contribution >= 4 is 5.91 Å². The number of hydrogen-bond acceptors (Lipinski definition) is 3. The summed E-state index contributed by atoms with van der Waals surface area (Å²) in [5.41, 5.74) is 0.821. The van der Waals surface area contributed by atoms with Crippen molar-refractivity contribution in [1.82, 2.24) is 15.1 Å². The zero-order chi connectivity index (χ0) is 18.8. The number of rotatable bonds is 5. The molecule has 1 aliphatic carbocycles. The monoisotopic (exact) mass is 377 g/mol. The minimum atomic E-state index is -0.789. The Hall–Kier alpha value is -1.53. The normalized spacial score (nSPS) is 25.5. The summed E-state index contributed by atoms with van der Waals surface area (Å²) in [4.78, 5) is 17.2. The number of amides is 1. The lowest BCUT2D eigenvalue weighted by Gasteiger charge is -2.42. The van der Waals surface area contributed by atoms with E-state index in [1.54, 1.807) is 6.07 Å². The Bertz CT molecular complexity index is 671. The third kappa shape index (κ3) is 4.85. The average molecular weight is 377 g/mol. The van der Waals surface area contributed by atoms with Gasteiger partial charge in [0.2, 0.25) is 5.91 Å². The van der Waals surface area contributed by atoms with Crippen molar-refractivity contribution in [2.75, 3.05) is 26.2 Å². The van der Waals surface area contributed by atoms with Crippen LogP contribution in [-0.4, -0.2) is 54.0 Å². The van der Waals surface area contributed by atoms with Crippen LogP contribution in [0.2, 0.25) is 0 Å². The molecule has 1 amide bonds. The van der Waals surface area contributed by atoms with Crippen LogP contribution in [-0.2, 0) is 11.3 Å². The van der Waals surface area contributed by atoms with Gasteiger partial charge in [-0.05, 0) is 75.9 Å². The Morgan fingerprint density at radius 1 is 1.04 bits per heavy atom. The number of nitrogens with one attached hydrogen (secondary N) is 1. The molecule has 0 aromatic heterocycles. The van der Waals surface area contributed by atoms with Crippen LogP contribution in [0.25, 0.3) is 0 Å². The molecular formula is C21H29F2N3O. The van der Waals surface area contributed by atoms with Gasteiger partial charge in [0.25, 0.3) is 0 Å². The third-order valence-corrected chi connectivity index (χ3v) is 6.21. The topological polar surface area (TPSA) is 35.6 Å². The summed E-state index contributed by atoms with van der Waals surface area (Å²) in [6.45, 7) is 4.54. The van der Waals surface area contributed by atoms with Crippen LogP contribution in [0.5, 0.6) is 0 Å². The van der Waals surface area contributed by atoms with Crippen molar-refractivity contribution in [2.45, 2.75) is 57.2 Å². The lowest BCUT2D eigenvalue weighted by molar-refractivity contribution is -0.127. The summed E-state index contributed by atoms with van der Waals surface area (Å²) in [6, 6.07) is 5.14. The number of piperidine rings is 2. The summed E-state index contributed by atoms with van der Waals surface area (Å²) < 4.78 is 26.5. The van der Waals surface area contributed by atoms with E-state index in [0.717, 1.165) is 70.3 Å². The van der Waals surface area contributed by atoms with Crippen LogP contribution in [0, 0.1) is 17.6 Å². The molecule has 0 spiro atoms. The van der Waals surface area contributed by atoms with Crippen molar-refractivity contribution in [1.29, 1.82) is 0 Å². The molecule has 2 aliphatic heterocycles. The number of hydrogen-bond donors (Lipinski definition) is 1. The molecule has 2 saturated heterocycles. The third-order valence-electron chi connectivity index (χ3n) is 6.21. The second kappa shape index (κ2) is 8.23. The minimum absolute atomic E-state index is 0.138. The van der Waals surface area contributed by atoms with E-state index < -0.39 is 11.6 Å². The maximum absolute atomic E-state index is 13.4. The van der Waals surface area contributed by atoms with Gasteiger partial charge < -0.3 is 5.32 Å². The van der Waals surface area contributed by atoms with Crippen LogP contribution in [0.3, 0.4) is 0 Å². The Morgan fingerprint density at radius 2 is 1.81 bits per heavy atom. The van der Waals surface area contributed by atoms with Crippen molar-refractivity contribution in [3.8, 4) is 0 Å².